The number of nitro benzene ring substituents is 1. The topological polar surface area (TPSA) is 75.7 Å². The first kappa shape index (κ1) is 15.7. The predicted octanol–water partition coefficient (Wildman–Crippen LogP) is 5.00. The summed E-state index contributed by atoms with van der Waals surface area (Å²) < 4.78 is 0.519. The Kier molecular flexibility index (Phi) is 4.17. The lowest BCUT2D eigenvalue weighted by molar-refractivity contribution is -0.385. The van der Waals surface area contributed by atoms with Crippen LogP contribution in [-0.2, 0) is 0 Å². The molecule has 0 bridgehead atoms. The van der Waals surface area contributed by atoms with Crippen LogP contribution in [0.1, 0.15) is 35.4 Å². The minimum Gasteiger partial charge on any atom is -0.502 e. The van der Waals surface area contributed by atoms with Crippen molar-refractivity contribution in [3.8, 4) is 5.75 Å². The number of aryl methyl sites for hydroxylation is 1. The second-order valence-electron chi connectivity index (χ2n) is 5.69. The van der Waals surface area contributed by atoms with E-state index in [0.29, 0.717) is 16.0 Å². The fraction of sp³-hybridized carbons (Fsp3) is 0.235. The Morgan fingerprint density at radius 2 is 2.09 bits per heavy atom. The van der Waals surface area contributed by atoms with Gasteiger partial charge in [-0.15, -0.1) is 0 Å². The molecule has 0 saturated heterocycles. The normalized spacial score (nSPS) is 14.3. The molecular weight excluding hydrogens is 360 g/mol. The molecule has 0 spiro atoms. The number of rotatable bonds is 4. The third kappa shape index (κ3) is 3.42. The lowest BCUT2D eigenvalue weighted by atomic mass is 10.0. The number of aliphatic imine (C=N–C) groups is 1. The average Bonchev–Trinajstić information content (AvgIpc) is 3.33. The molecule has 2 aromatic carbocycles. The Morgan fingerprint density at radius 1 is 1.35 bits per heavy atom. The molecule has 118 valence electrons. The van der Waals surface area contributed by atoms with Crippen LogP contribution in [0.2, 0.25) is 0 Å². The van der Waals surface area contributed by atoms with Crippen molar-refractivity contribution >= 4 is 33.5 Å². The molecule has 1 fully saturated rings. The molecule has 0 amide bonds. The first-order valence-corrected chi connectivity index (χ1v) is 8.06. The monoisotopic (exact) mass is 374 g/mol. The molecule has 0 atom stereocenters. The molecule has 0 heterocycles. The van der Waals surface area contributed by atoms with E-state index in [1.54, 1.807) is 6.07 Å². The summed E-state index contributed by atoms with van der Waals surface area (Å²) in [4.78, 5) is 14.7. The maximum Gasteiger partial charge on any atom is 0.312 e. The van der Waals surface area contributed by atoms with E-state index in [1.165, 1.54) is 36.2 Å². The lowest BCUT2D eigenvalue weighted by Crippen LogP contribution is -1.92. The lowest BCUT2D eigenvalue weighted by Gasteiger charge is -2.05. The second-order valence-corrected chi connectivity index (χ2v) is 6.61. The van der Waals surface area contributed by atoms with Crippen LogP contribution in [0.15, 0.2) is 39.8 Å². The van der Waals surface area contributed by atoms with Gasteiger partial charge in [-0.1, -0.05) is 22.0 Å². The van der Waals surface area contributed by atoms with Gasteiger partial charge >= 0.3 is 5.69 Å². The van der Waals surface area contributed by atoms with Crippen molar-refractivity contribution in [1.29, 1.82) is 0 Å². The fourth-order valence-electron chi connectivity index (χ4n) is 2.53. The van der Waals surface area contributed by atoms with Crippen molar-refractivity contribution in [2.45, 2.75) is 25.7 Å². The predicted molar refractivity (Wildman–Crippen MR) is 92.9 cm³/mol. The number of aromatic hydroxyl groups is 1. The number of hydrogen-bond donors (Lipinski definition) is 1. The first-order chi connectivity index (χ1) is 11.0. The van der Waals surface area contributed by atoms with Crippen LogP contribution < -0.4 is 0 Å². The summed E-state index contributed by atoms with van der Waals surface area (Å²) >= 11 is 3.21. The van der Waals surface area contributed by atoms with Crippen LogP contribution >= 0.6 is 15.9 Å². The number of phenolic OH excluding ortho intramolecular Hbond substituents is 1. The van der Waals surface area contributed by atoms with Crippen molar-refractivity contribution in [2.24, 2.45) is 4.99 Å². The van der Waals surface area contributed by atoms with Gasteiger partial charge < -0.3 is 5.11 Å². The van der Waals surface area contributed by atoms with Gasteiger partial charge in [0.05, 0.1) is 10.6 Å². The highest BCUT2D eigenvalue weighted by Gasteiger charge is 2.25. The summed E-state index contributed by atoms with van der Waals surface area (Å²) in [5.41, 5.74) is 3.30. The van der Waals surface area contributed by atoms with Gasteiger partial charge in [0.25, 0.3) is 0 Å². The van der Waals surface area contributed by atoms with E-state index in [1.807, 2.05) is 18.2 Å². The van der Waals surface area contributed by atoms with E-state index in [-0.39, 0.29) is 11.4 Å². The molecule has 1 aliphatic rings. The average molecular weight is 375 g/mol. The van der Waals surface area contributed by atoms with E-state index >= 15 is 0 Å². The maximum atomic E-state index is 10.9. The van der Waals surface area contributed by atoms with Crippen LogP contribution in [0.4, 0.5) is 11.4 Å². The van der Waals surface area contributed by atoms with Gasteiger partial charge in [0.2, 0.25) is 5.75 Å². The van der Waals surface area contributed by atoms with Crippen LogP contribution in [0, 0.1) is 17.0 Å². The molecule has 1 saturated carbocycles. The number of hydrogen-bond acceptors (Lipinski definition) is 4. The Bertz CT molecular complexity index is 814. The zero-order valence-corrected chi connectivity index (χ0v) is 14.1. The van der Waals surface area contributed by atoms with Crippen LogP contribution in [0.25, 0.3) is 0 Å². The van der Waals surface area contributed by atoms with Gasteiger partial charge in [-0.05, 0) is 55.0 Å². The van der Waals surface area contributed by atoms with Crippen molar-refractivity contribution in [2.75, 3.05) is 0 Å². The van der Waals surface area contributed by atoms with Crippen LogP contribution in [0.5, 0.6) is 5.75 Å². The highest BCUT2D eigenvalue weighted by molar-refractivity contribution is 9.10. The largest absolute Gasteiger partial charge is 0.502 e. The van der Waals surface area contributed by atoms with E-state index in [4.69, 9.17) is 0 Å². The molecule has 1 N–H and O–H groups in total. The molecule has 1 aliphatic carbocycles. The first-order valence-electron chi connectivity index (χ1n) is 7.27. The molecule has 0 radical (unpaired) electrons. The Hall–Kier alpha value is -2.21. The highest BCUT2D eigenvalue weighted by atomic mass is 79.9. The Labute approximate surface area is 142 Å². The molecule has 0 aromatic heterocycles. The minimum absolute atomic E-state index is 0.305. The summed E-state index contributed by atoms with van der Waals surface area (Å²) in [6.07, 6.45) is 3.88. The number of phenols is 1. The van der Waals surface area contributed by atoms with Gasteiger partial charge in [0.15, 0.2) is 0 Å². The number of halogens is 1. The molecule has 0 unspecified atom stereocenters. The molecular formula is C17H15BrN2O3. The van der Waals surface area contributed by atoms with E-state index in [9.17, 15) is 15.2 Å². The van der Waals surface area contributed by atoms with E-state index in [0.717, 1.165) is 5.69 Å². The standard InChI is InChI=1S/C17H15BrN2O3/c1-10-2-5-14(8-15(10)11-3-4-11)19-9-12-6-13(18)7-16(17(12)21)20(22)23/h2,5-9,11,21H,3-4H2,1H3. The molecule has 6 heteroatoms. The zero-order valence-electron chi connectivity index (χ0n) is 12.5. The maximum absolute atomic E-state index is 10.9. The second kappa shape index (κ2) is 6.12. The third-order valence-electron chi connectivity index (χ3n) is 3.91. The third-order valence-corrected chi connectivity index (χ3v) is 4.37. The molecule has 3 rings (SSSR count). The number of nitrogens with zero attached hydrogens (tertiary/aromatic N) is 2. The summed E-state index contributed by atoms with van der Waals surface area (Å²) in [6, 6.07) is 8.85. The summed E-state index contributed by atoms with van der Waals surface area (Å²) in [7, 11) is 0. The van der Waals surface area contributed by atoms with Gasteiger partial charge in [0.1, 0.15) is 0 Å². The van der Waals surface area contributed by atoms with Crippen LogP contribution in [0.3, 0.4) is 0 Å². The smallest absolute Gasteiger partial charge is 0.312 e. The van der Waals surface area contributed by atoms with E-state index in [2.05, 4.69) is 27.8 Å². The van der Waals surface area contributed by atoms with Crippen molar-refractivity contribution in [3.05, 3.63) is 61.6 Å². The summed E-state index contributed by atoms with van der Waals surface area (Å²) in [6.45, 7) is 2.09. The minimum atomic E-state index is -0.617. The summed E-state index contributed by atoms with van der Waals surface area (Å²) in [5.74, 6) is 0.252. The van der Waals surface area contributed by atoms with Crippen molar-refractivity contribution in [1.82, 2.24) is 0 Å². The van der Waals surface area contributed by atoms with Crippen molar-refractivity contribution < 1.29 is 10.0 Å². The van der Waals surface area contributed by atoms with Gasteiger partial charge in [-0.2, -0.15) is 0 Å². The van der Waals surface area contributed by atoms with Gasteiger partial charge in [-0.3, -0.25) is 15.1 Å². The fourth-order valence-corrected chi connectivity index (χ4v) is 2.99. The van der Waals surface area contributed by atoms with Crippen molar-refractivity contribution in [3.63, 3.8) is 0 Å². The Balaban J connectivity index is 1.94. The number of benzene rings is 2. The number of nitro groups is 1. The quantitative estimate of drug-likeness (QED) is 0.464. The highest BCUT2D eigenvalue weighted by Crippen LogP contribution is 2.42. The zero-order chi connectivity index (χ0) is 16.6. The Morgan fingerprint density at radius 3 is 2.74 bits per heavy atom. The van der Waals surface area contributed by atoms with Gasteiger partial charge in [0, 0.05) is 22.3 Å². The van der Waals surface area contributed by atoms with E-state index < -0.39 is 4.92 Å². The molecule has 0 aliphatic heterocycles. The summed E-state index contributed by atoms with van der Waals surface area (Å²) in [5, 5.41) is 20.9. The molecule has 23 heavy (non-hydrogen) atoms. The van der Waals surface area contributed by atoms with Gasteiger partial charge in [-0.25, -0.2) is 0 Å². The SMILES string of the molecule is Cc1ccc(N=Cc2cc(Br)cc([N+](=O)[O-])c2O)cc1C1CC1. The molecule has 2 aromatic rings. The van der Waals surface area contributed by atoms with Crippen LogP contribution in [-0.4, -0.2) is 16.2 Å². The molecule has 5 nitrogen and oxygen atoms in total.